The van der Waals surface area contributed by atoms with Crippen LogP contribution in [-0.4, -0.2) is 15.6 Å². The van der Waals surface area contributed by atoms with E-state index >= 15 is 0 Å². The van der Waals surface area contributed by atoms with Crippen molar-refractivity contribution < 1.29 is 9.90 Å². The highest BCUT2D eigenvalue weighted by Crippen LogP contribution is 2.25. The number of hydrogen-bond acceptors (Lipinski definition) is 2. The lowest BCUT2D eigenvalue weighted by Gasteiger charge is -2.14. The topological polar surface area (TPSA) is 54.3 Å². The van der Waals surface area contributed by atoms with E-state index in [2.05, 4.69) is 25.7 Å². The van der Waals surface area contributed by atoms with Gasteiger partial charge in [0.05, 0.1) is 0 Å². The number of carbonyl (C=O) groups excluding carboxylic acids is 1. The summed E-state index contributed by atoms with van der Waals surface area (Å²) < 4.78 is 1.84. The molecule has 29 heavy (non-hydrogen) atoms. The van der Waals surface area contributed by atoms with Crippen LogP contribution in [0.3, 0.4) is 0 Å². The monoisotopic (exact) mass is 412 g/mol. The van der Waals surface area contributed by atoms with Gasteiger partial charge in [-0.15, -0.1) is 0 Å². The number of carbonyl (C=O) groups is 1. The summed E-state index contributed by atoms with van der Waals surface area (Å²) in [6.07, 6.45) is 0. The molecule has 0 fully saturated rings. The summed E-state index contributed by atoms with van der Waals surface area (Å²) in [6.45, 7) is 12.1. The van der Waals surface area contributed by atoms with Crippen LogP contribution in [0.2, 0.25) is 5.02 Å². The molecule has 0 unspecified atom stereocenters. The first kappa shape index (κ1) is 22.6. The van der Waals surface area contributed by atoms with Crippen LogP contribution in [0.4, 0.5) is 0 Å². The van der Waals surface area contributed by atoms with Crippen LogP contribution in [-0.2, 0) is 13.6 Å². The Hall–Kier alpha value is -2.72. The molecule has 2 N–H and O–H groups in total. The molecule has 1 heterocycles. The van der Waals surface area contributed by atoms with Crippen molar-refractivity contribution in [1.29, 1.82) is 0 Å². The Morgan fingerprint density at radius 3 is 2.48 bits per heavy atom. The van der Waals surface area contributed by atoms with E-state index in [0.717, 1.165) is 27.6 Å². The van der Waals surface area contributed by atoms with Gasteiger partial charge < -0.3 is 15.0 Å². The molecule has 2 aromatic carbocycles. The third-order valence-electron chi connectivity index (χ3n) is 4.74. The van der Waals surface area contributed by atoms with Crippen molar-refractivity contribution in [3.8, 4) is 0 Å². The van der Waals surface area contributed by atoms with Crippen molar-refractivity contribution in [2.45, 2.75) is 40.2 Å². The van der Waals surface area contributed by atoms with Crippen molar-refractivity contribution in [2.24, 2.45) is 7.05 Å². The Balaban J connectivity index is 0.00000145. The van der Waals surface area contributed by atoms with Crippen molar-refractivity contribution in [3.63, 3.8) is 0 Å². The van der Waals surface area contributed by atoms with E-state index in [0.29, 0.717) is 17.3 Å². The lowest BCUT2D eigenvalue weighted by atomic mass is 9.94. The van der Waals surface area contributed by atoms with E-state index < -0.39 is 0 Å². The van der Waals surface area contributed by atoms with Gasteiger partial charge in [-0.3, -0.25) is 4.79 Å². The van der Waals surface area contributed by atoms with E-state index in [4.69, 9.17) is 11.6 Å². The van der Waals surface area contributed by atoms with Gasteiger partial charge in [-0.05, 0) is 35.2 Å². The number of halogens is 1. The summed E-state index contributed by atoms with van der Waals surface area (Å²) in [6, 6.07) is 13.2. The third kappa shape index (κ3) is 5.01. The van der Waals surface area contributed by atoms with Crippen LogP contribution in [0.15, 0.2) is 49.0 Å². The van der Waals surface area contributed by atoms with Crippen LogP contribution >= 0.6 is 11.6 Å². The molecule has 0 radical (unpaired) electrons. The number of amides is 1. The van der Waals surface area contributed by atoms with Gasteiger partial charge in [0.25, 0.3) is 5.91 Å². The van der Waals surface area contributed by atoms with Crippen LogP contribution in [0, 0.1) is 0 Å². The number of aliphatic hydroxyl groups is 1. The minimum atomic E-state index is -0.147. The minimum Gasteiger partial charge on any atom is -0.508 e. The smallest absolute Gasteiger partial charge is 0.268 e. The van der Waals surface area contributed by atoms with Gasteiger partial charge >= 0.3 is 0 Å². The number of nitrogens with zero attached hydrogens (tertiary/aromatic N) is 1. The molecular weight excluding hydrogens is 384 g/mol. The molecule has 5 heteroatoms. The summed E-state index contributed by atoms with van der Waals surface area (Å²) in [5.41, 5.74) is 4.22. The van der Waals surface area contributed by atoms with Gasteiger partial charge in [-0.1, -0.05) is 70.1 Å². The Labute approximate surface area is 177 Å². The Morgan fingerprint density at radius 1 is 1.17 bits per heavy atom. The van der Waals surface area contributed by atoms with E-state index in [1.807, 2.05) is 67.9 Å². The van der Waals surface area contributed by atoms with E-state index in [1.54, 1.807) is 0 Å². The predicted octanol–water partition coefficient (Wildman–Crippen LogP) is 6.44. The second-order valence-electron chi connectivity index (χ2n) is 7.00. The summed E-state index contributed by atoms with van der Waals surface area (Å²) in [7, 11) is 1.85. The standard InChI is InChI=1S/C22H23ClN2O2.C2H6/c1-13(2)19-9-15(5-8-18(19)14(3)26)12-24-22(27)21-10-16-6-7-17(23)11-20(16)25(21)4;1-2/h5-11,13,26H,3,12H2,1-2,4H3,(H,24,27);1-2H3. The number of nitrogens with one attached hydrogen (secondary N) is 1. The molecule has 0 saturated heterocycles. The van der Waals surface area contributed by atoms with Gasteiger partial charge in [-0.2, -0.15) is 0 Å². The number of fused-ring (bicyclic) bond motifs is 1. The van der Waals surface area contributed by atoms with Crippen LogP contribution in [0.1, 0.15) is 60.8 Å². The SMILES string of the molecule is C=C(O)c1ccc(CNC(=O)c2cc3ccc(Cl)cc3n2C)cc1C(C)C.CC. The normalized spacial score (nSPS) is 10.6. The summed E-state index contributed by atoms with van der Waals surface area (Å²) in [5.74, 6) is 0.150. The molecule has 154 valence electrons. The maximum Gasteiger partial charge on any atom is 0.268 e. The van der Waals surface area contributed by atoms with Crippen molar-refractivity contribution in [3.05, 3.63) is 76.5 Å². The van der Waals surface area contributed by atoms with Gasteiger partial charge in [0.1, 0.15) is 11.5 Å². The lowest BCUT2D eigenvalue weighted by Crippen LogP contribution is -2.25. The van der Waals surface area contributed by atoms with Gasteiger partial charge in [0, 0.05) is 35.1 Å². The predicted molar refractivity (Wildman–Crippen MR) is 123 cm³/mol. The molecule has 0 saturated carbocycles. The Kier molecular flexibility index (Phi) is 7.52. The van der Waals surface area contributed by atoms with Crippen molar-refractivity contribution in [2.75, 3.05) is 0 Å². The molecule has 3 rings (SSSR count). The summed E-state index contributed by atoms with van der Waals surface area (Å²) >= 11 is 6.06. The minimum absolute atomic E-state index is 0.0587. The first-order valence-electron chi connectivity index (χ1n) is 9.82. The number of aromatic nitrogens is 1. The van der Waals surface area contributed by atoms with Crippen LogP contribution < -0.4 is 5.32 Å². The Bertz CT molecular complexity index is 1030. The van der Waals surface area contributed by atoms with Crippen molar-refractivity contribution >= 4 is 34.2 Å². The van der Waals surface area contributed by atoms with E-state index in [-0.39, 0.29) is 17.6 Å². The molecule has 1 amide bonds. The largest absolute Gasteiger partial charge is 0.508 e. The first-order chi connectivity index (χ1) is 13.8. The fourth-order valence-electron chi connectivity index (χ4n) is 3.26. The number of rotatable bonds is 5. The first-order valence-corrected chi connectivity index (χ1v) is 10.2. The molecule has 0 aliphatic rings. The maximum absolute atomic E-state index is 12.7. The molecule has 1 aromatic heterocycles. The average Bonchev–Trinajstić information content (AvgIpc) is 3.03. The molecule has 0 atom stereocenters. The summed E-state index contributed by atoms with van der Waals surface area (Å²) in [5, 5.41) is 14.3. The number of benzene rings is 2. The zero-order valence-electron chi connectivity index (χ0n) is 17.7. The Morgan fingerprint density at radius 2 is 1.86 bits per heavy atom. The zero-order valence-corrected chi connectivity index (χ0v) is 18.5. The molecule has 0 aliphatic heterocycles. The second-order valence-corrected chi connectivity index (χ2v) is 7.43. The molecule has 0 spiro atoms. The van der Waals surface area contributed by atoms with Crippen LogP contribution in [0.5, 0.6) is 0 Å². The van der Waals surface area contributed by atoms with Crippen LogP contribution in [0.25, 0.3) is 16.7 Å². The highest BCUT2D eigenvalue weighted by atomic mass is 35.5. The molecule has 4 nitrogen and oxygen atoms in total. The lowest BCUT2D eigenvalue weighted by molar-refractivity contribution is 0.0943. The quantitative estimate of drug-likeness (QED) is 0.473. The fraction of sp³-hybridized carbons (Fsp3) is 0.292. The van der Waals surface area contributed by atoms with Gasteiger partial charge in [0.15, 0.2) is 0 Å². The third-order valence-corrected chi connectivity index (χ3v) is 4.98. The average molecular weight is 413 g/mol. The molecular formula is C24H29ClN2O2. The molecule has 0 bridgehead atoms. The van der Waals surface area contributed by atoms with E-state index in [1.165, 1.54) is 0 Å². The second kappa shape index (κ2) is 9.66. The fourth-order valence-corrected chi connectivity index (χ4v) is 3.42. The highest BCUT2D eigenvalue weighted by Gasteiger charge is 2.14. The summed E-state index contributed by atoms with van der Waals surface area (Å²) in [4.78, 5) is 12.7. The van der Waals surface area contributed by atoms with E-state index in [9.17, 15) is 9.90 Å². The maximum atomic E-state index is 12.7. The highest BCUT2D eigenvalue weighted by molar-refractivity contribution is 6.31. The molecule has 0 aliphatic carbocycles. The number of hydrogen-bond donors (Lipinski definition) is 2. The van der Waals surface area contributed by atoms with Crippen molar-refractivity contribution in [1.82, 2.24) is 9.88 Å². The zero-order chi connectivity index (χ0) is 21.7. The molecule has 3 aromatic rings. The number of aliphatic hydroxyl groups excluding tert-OH is 1. The number of aryl methyl sites for hydroxylation is 1. The van der Waals surface area contributed by atoms with Gasteiger partial charge in [-0.25, -0.2) is 0 Å². The van der Waals surface area contributed by atoms with Gasteiger partial charge in [0.2, 0.25) is 0 Å².